The number of carboxylic acid groups (broad SMARTS) is 1. The van der Waals surface area contributed by atoms with Gasteiger partial charge in [-0.3, -0.25) is 14.4 Å². The normalized spacial score (nSPS) is 17.3. The highest BCUT2D eigenvalue weighted by atomic mass is 19.1. The van der Waals surface area contributed by atoms with E-state index in [1.165, 1.54) is 18.2 Å². The number of fused-ring (bicyclic) bond motifs is 1. The van der Waals surface area contributed by atoms with Crippen molar-refractivity contribution in [1.29, 1.82) is 0 Å². The molecule has 2 aliphatic rings. The quantitative estimate of drug-likeness (QED) is 0.310. The summed E-state index contributed by atoms with van der Waals surface area (Å²) in [6.45, 7) is 7.02. The number of hydrogen-bond acceptors (Lipinski definition) is 4. The van der Waals surface area contributed by atoms with Gasteiger partial charge in [0.25, 0.3) is 11.8 Å². The molecule has 0 radical (unpaired) electrons. The molecule has 0 unspecified atom stereocenters. The zero-order valence-electron chi connectivity index (χ0n) is 20.7. The number of piperidine rings is 1. The number of halogens is 1. The minimum Gasteiger partial charge on any atom is -0.481 e. The van der Waals surface area contributed by atoms with E-state index in [2.05, 4.69) is 20.5 Å². The number of benzene rings is 1. The molecule has 2 amide bonds. The average Bonchev–Trinajstić information content (AvgIpc) is 3.30. The highest BCUT2D eigenvalue weighted by Crippen LogP contribution is 2.34. The number of nitrogens with one attached hydrogen (secondary N) is 3. The highest BCUT2D eigenvalue weighted by Gasteiger charge is 2.26. The summed E-state index contributed by atoms with van der Waals surface area (Å²) in [6.07, 6.45) is 5.53. The number of anilines is 1. The van der Waals surface area contributed by atoms with Gasteiger partial charge < -0.3 is 25.6 Å². The van der Waals surface area contributed by atoms with Crippen LogP contribution in [0.2, 0.25) is 0 Å². The largest absolute Gasteiger partial charge is 0.481 e. The molecule has 1 aromatic heterocycles. The van der Waals surface area contributed by atoms with E-state index in [1.807, 2.05) is 13.8 Å². The summed E-state index contributed by atoms with van der Waals surface area (Å²) >= 11 is 0. The number of aromatic amines is 1. The molecule has 1 saturated heterocycles. The second-order valence-corrected chi connectivity index (χ2v) is 9.69. The Labute approximate surface area is 210 Å². The number of amides is 2. The Morgan fingerprint density at radius 2 is 2.00 bits per heavy atom. The third-order valence-corrected chi connectivity index (χ3v) is 7.17. The van der Waals surface area contributed by atoms with Gasteiger partial charge >= 0.3 is 5.97 Å². The number of hydrogen-bond donors (Lipinski definition) is 4. The van der Waals surface area contributed by atoms with E-state index >= 15 is 0 Å². The minimum atomic E-state index is -0.727. The van der Waals surface area contributed by atoms with Gasteiger partial charge in [0.15, 0.2) is 0 Å². The smallest absolute Gasteiger partial charge is 0.303 e. The lowest BCUT2D eigenvalue weighted by molar-refractivity contribution is -0.137. The fraction of sp³-hybridized carbons (Fsp3) is 0.444. The first kappa shape index (κ1) is 25.6. The standard InChI is InChI=1S/C27H33FN4O4/c1-16-23(15-21-20-14-19(28)5-6-22(20)31-26(21)35)30-17(2)25(16)27(36)29-10-3-11-32-12-8-18(9-13-32)4-7-24(33)34/h5-6,14-15,18,30H,3-4,7-13H2,1-2H3,(H,29,36)(H,31,35)(H,33,34)/b21-15-. The van der Waals surface area contributed by atoms with Gasteiger partial charge in [-0.05, 0) is 94.9 Å². The molecule has 3 heterocycles. The van der Waals surface area contributed by atoms with Crippen molar-refractivity contribution in [3.8, 4) is 0 Å². The monoisotopic (exact) mass is 496 g/mol. The zero-order chi connectivity index (χ0) is 25.8. The van der Waals surface area contributed by atoms with Crippen LogP contribution < -0.4 is 10.6 Å². The highest BCUT2D eigenvalue weighted by molar-refractivity contribution is 6.34. The maximum Gasteiger partial charge on any atom is 0.303 e. The van der Waals surface area contributed by atoms with Crippen LogP contribution in [0.1, 0.15) is 65.0 Å². The number of carboxylic acids is 1. The Balaban J connectivity index is 1.31. The van der Waals surface area contributed by atoms with Crippen LogP contribution in [0, 0.1) is 25.6 Å². The topological polar surface area (TPSA) is 115 Å². The van der Waals surface area contributed by atoms with E-state index in [-0.39, 0.29) is 18.2 Å². The summed E-state index contributed by atoms with van der Waals surface area (Å²) in [5, 5.41) is 14.6. The van der Waals surface area contributed by atoms with Crippen molar-refractivity contribution in [3.05, 3.63) is 52.1 Å². The van der Waals surface area contributed by atoms with E-state index in [0.717, 1.165) is 50.9 Å². The molecular weight excluding hydrogens is 463 g/mol. The molecule has 36 heavy (non-hydrogen) atoms. The fourth-order valence-electron chi connectivity index (χ4n) is 5.13. The van der Waals surface area contributed by atoms with Crippen LogP contribution in [0.15, 0.2) is 18.2 Å². The van der Waals surface area contributed by atoms with Crippen LogP contribution in [0.5, 0.6) is 0 Å². The first-order valence-electron chi connectivity index (χ1n) is 12.5. The molecule has 0 aliphatic carbocycles. The second kappa shape index (κ2) is 11.1. The van der Waals surface area contributed by atoms with Crippen LogP contribution in [0.25, 0.3) is 11.6 Å². The predicted molar refractivity (Wildman–Crippen MR) is 136 cm³/mol. The molecule has 1 fully saturated rings. The van der Waals surface area contributed by atoms with Gasteiger partial charge in [-0.25, -0.2) is 4.39 Å². The summed E-state index contributed by atoms with van der Waals surface area (Å²) in [6, 6.07) is 4.17. The van der Waals surface area contributed by atoms with Gasteiger partial charge in [-0.2, -0.15) is 0 Å². The maximum atomic E-state index is 13.7. The number of aromatic nitrogens is 1. The Hall–Kier alpha value is -3.46. The average molecular weight is 497 g/mol. The van der Waals surface area contributed by atoms with Gasteiger partial charge in [0.05, 0.1) is 11.1 Å². The number of aliphatic carboxylic acids is 1. The number of likely N-dealkylation sites (tertiary alicyclic amines) is 1. The molecule has 2 aliphatic heterocycles. The fourth-order valence-corrected chi connectivity index (χ4v) is 5.13. The predicted octanol–water partition coefficient (Wildman–Crippen LogP) is 3.96. The molecule has 4 N–H and O–H groups in total. The summed E-state index contributed by atoms with van der Waals surface area (Å²) in [5.74, 6) is -1.13. The zero-order valence-corrected chi connectivity index (χ0v) is 20.7. The molecule has 8 nitrogen and oxygen atoms in total. The molecule has 0 bridgehead atoms. The lowest BCUT2D eigenvalue weighted by atomic mass is 9.92. The molecule has 9 heteroatoms. The minimum absolute atomic E-state index is 0.166. The van der Waals surface area contributed by atoms with E-state index in [4.69, 9.17) is 5.11 Å². The van der Waals surface area contributed by atoms with Crippen molar-refractivity contribution in [2.75, 3.05) is 31.5 Å². The second-order valence-electron chi connectivity index (χ2n) is 9.69. The molecule has 1 aromatic carbocycles. The van der Waals surface area contributed by atoms with Crippen LogP contribution in [-0.4, -0.2) is 59.0 Å². The lowest BCUT2D eigenvalue weighted by Gasteiger charge is -2.31. The molecule has 0 spiro atoms. The first-order chi connectivity index (χ1) is 17.2. The molecule has 0 atom stereocenters. The number of carbonyl (C=O) groups excluding carboxylic acids is 2. The number of rotatable bonds is 9. The lowest BCUT2D eigenvalue weighted by Crippen LogP contribution is -2.36. The third kappa shape index (κ3) is 5.84. The number of carbonyl (C=O) groups is 3. The summed E-state index contributed by atoms with van der Waals surface area (Å²) in [4.78, 5) is 41.7. The van der Waals surface area contributed by atoms with Crippen LogP contribution in [0.3, 0.4) is 0 Å². The summed E-state index contributed by atoms with van der Waals surface area (Å²) in [7, 11) is 0. The number of nitrogens with zero attached hydrogens (tertiary/aromatic N) is 1. The van der Waals surface area contributed by atoms with Crippen molar-refractivity contribution in [1.82, 2.24) is 15.2 Å². The van der Waals surface area contributed by atoms with Crippen molar-refractivity contribution < 1.29 is 23.9 Å². The van der Waals surface area contributed by atoms with Crippen molar-refractivity contribution in [2.24, 2.45) is 5.92 Å². The molecule has 192 valence electrons. The van der Waals surface area contributed by atoms with E-state index in [9.17, 15) is 18.8 Å². The third-order valence-electron chi connectivity index (χ3n) is 7.17. The van der Waals surface area contributed by atoms with Crippen molar-refractivity contribution in [2.45, 2.75) is 46.0 Å². The molecule has 4 rings (SSSR count). The Bertz CT molecular complexity index is 1190. The Morgan fingerprint density at radius 3 is 2.72 bits per heavy atom. The van der Waals surface area contributed by atoms with Crippen LogP contribution in [0.4, 0.5) is 10.1 Å². The van der Waals surface area contributed by atoms with Gasteiger partial charge in [0, 0.05) is 35.6 Å². The molecule has 2 aromatic rings. The Kier molecular flexibility index (Phi) is 7.88. The first-order valence-corrected chi connectivity index (χ1v) is 12.5. The van der Waals surface area contributed by atoms with E-state index < -0.39 is 11.8 Å². The SMILES string of the molecule is Cc1[nH]c(/C=C2\C(=O)Nc3ccc(F)cc32)c(C)c1C(=O)NCCCN1CCC(CCC(=O)O)CC1. The van der Waals surface area contributed by atoms with Gasteiger partial charge in [-0.15, -0.1) is 0 Å². The maximum absolute atomic E-state index is 13.7. The molecular formula is C27H33FN4O4. The van der Waals surface area contributed by atoms with E-state index in [0.29, 0.717) is 46.2 Å². The summed E-state index contributed by atoms with van der Waals surface area (Å²) < 4.78 is 13.7. The van der Waals surface area contributed by atoms with Crippen molar-refractivity contribution in [3.63, 3.8) is 0 Å². The van der Waals surface area contributed by atoms with Gasteiger partial charge in [-0.1, -0.05) is 0 Å². The Morgan fingerprint density at radius 1 is 1.25 bits per heavy atom. The van der Waals surface area contributed by atoms with Gasteiger partial charge in [0.2, 0.25) is 0 Å². The van der Waals surface area contributed by atoms with Gasteiger partial charge in [0.1, 0.15) is 5.82 Å². The summed E-state index contributed by atoms with van der Waals surface area (Å²) in [5.41, 5.74) is 4.06. The van der Waals surface area contributed by atoms with Crippen LogP contribution in [-0.2, 0) is 9.59 Å². The van der Waals surface area contributed by atoms with Crippen LogP contribution >= 0.6 is 0 Å². The number of aryl methyl sites for hydroxylation is 1. The van der Waals surface area contributed by atoms with Crippen molar-refractivity contribution >= 4 is 35.1 Å². The van der Waals surface area contributed by atoms with E-state index in [1.54, 1.807) is 6.08 Å². The number of H-pyrrole nitrogens is 1. The molecule has 0 saturated carbocycles.